The fourth-order valence-corrected chi connectivity index (χ4v) is 7.44. The van der Waals surface area contributed by atoms with Crippen LogP contribution in [-0.2, 0) is 6.18 Å². The molecule has 0 unspecified atom stereocenters. The smallest absolute Gasteiger partial charge is 0.166 e. The third-order valence-corrected chi connectivity index (χ3v) is 11.0. The normalized spacial score (nSPS) is 31.8. The van der Waals surface area contributed by atoms with E-state index in [-0.39, 0.29) is 5.92 Å². The summed E-state index contributed by atoms with van der Waals surface area (Å²) in [5.74, 6) is 0.736. The van der Waals surface area contributed by atoms with E-state index >= 15 is 0 Å². The van der Waals surface area contributed by atoms with E-state index < -0.39 is 17.6 Å². The molecule has 1 aromatic carbocycles. The van der Waals surface area contributed by atoms with Gasteiger partial charge >= 0.3 is 159 Å². The van der Waals surface area contributed by atoms with Crippen LogP contribution in [0.25, 0.3) is 0 Å². The van der Waals surface area contributed by atoms with Crippen molar-refractivity contribution in [1.82, 2.24) is 0 Å². The van der Waals surface area contributed by atoms with Crippen molar-refractivity contribution >= 4 is 0 Å². The van der Waals surface area contributed by atoms with Crippen molar-refractivity contribution in [2.45, 2.75) is 64.4 Å². The molecule has 0 bridgehead atoms. The average molecular weight is 554 g/mol. The van der Waals surface area contributed by atoms with Crippen LogP contribution in [0.2, 0.25) is 0.959 Å². The van der Waals surface area contributed by atoms with Crippen LogP contribution in [0.5, 0.6) is 0 Å². The molecule has 0 spiro atoms. The Morgan fingerprint density at radius 1 is 0.833 bits per heavy atom. The molecule has 130 valence electrons. The summed E-state index contributed by atoms with van der Waals surface area (Å²) in [4.78, 5) is 0. The fourth-order valence-electron chi connectivity index (χ4n) is 4.70. The second-order valence-corrected chi connectivity index (χ2v) is 14.6. The average Bonchev–Trinajstić information content (AvgIpc) is 2.54. The monoisotopic (exact) mass is 554 g/mol. The maximum atomic E-state index is 13.8. The Morgan fingerprint density at radius 3 is 1.88 bits per heavy atom. The van der Waals surface area contributed by atoms with Gasteiger partial charge in [-0.25, -0.2) is 0 Å². The quantitative estimate of drug-likeness (QED) is 0.373. The van der Waals surface area contributed by atoms with Gasteiger partial charge in [0.2, 0.25) is 0 Å². The molecular weight excluding hydrogens is 530 g/mol. The molecule has 0 amide bonds. The first-order chi connectivity index (χ1) is 11.3. The third kappa shape index (κ3) is 4.57. The molecular formula is C19H24F4Ra. The molecule has 0 atom stereocenters. The molecule has 2 aliphatic carbocycles. The Bertz CT molecular complexity index is 553. The minimum Gasteiger partial charge on any atom is -0.166 e. The molecule has 0 radical (unpaired) electrons. The first-order valence-electron chi connectivity index (χ1n) is 9.21. The molecule has 0 saturated heterocycles. The summed E-state index contributed by atoms with van der Waals surface area (Å²) in [5.41, 5.74) is -0.409. The number of rotatable bonds is 2. The molecule has 0 aliphatic heterocycles. The zero-order valence-corrected chi connectivity index (χ0v) is 22.4. The van der Waals surface area contributed by atoms with Crippen LogP contribution in [0.1, 0.15) is 68.4 Å². The van der Waals surface area contributed by atoms with Crippen molar-refractivity contribution in [1.29, 1.82) is 0 Å². The van der Waals surface area contributed by atoms with Gasteiger partial charge in [0.15, 0.2) is 0 Å². The summed E-state index contributed by atoms with van der Waals surface area (Å²) < 4.78 is 52.9. The van der Waals surface area contributed by atoms with Crippen molar-refractivity contribution in [3.63, 3.8) is 0 Å². The molecule has 0 aromatic heterocycles. The van der Waals surface area contributed by atoms with E-state index in [1.807, 2.05) is 0 Å². The van der Waals surface area contributed by atoms with Gasteiger partial charge in [-0.15, -0.1) is 0 Å². The van der Waals surface area contributed by atoms with Crippen LogP contribution in [0, 0.1) is 60.4 Å². The Labute approximate surface area is 170 Å². The molecule has 5 heteroatoms. The van der Waals surface area contributed by atoms with E-state index in [0.717, 1.165) is 56.2 Å². The Hall–Kier alpha value is 0.408. The topological polar surface area (TPSA) is 0 Å². The number of hydrogen-bond acceptors (Lipinski definition) is 0. The second kappa shape index (κ2) is 7.97. The number of alkyl halides is 3. The standard InChI is InChI=1S/C19H23F4.Ra.H/c20-18-12-16(10-11-17(18)19(21,22)23)15-8-6-14(7-9-15)13-4-2-1-3-5-13;;/h1,10-15H,2-9H2;;. The van der Waals surface area contributed by atoms with Crippen molar-refractivity contribution < 1.29 is 60.4 Å². The molecule has 2 aliphatic rings. The summed E-state index contributed by atoms with van der Waals surface area (Å²) >= 11 is 0.654. The van der Waals surface area contributed by atoms with Gasteiger partial charge in [-0.2, -0.15) is 13.2 Å². The van der Waals surface area contributed by atoms with Gasteiger partial charge in [0.25, 0.3) is 0 Å². The Morgan fingerprint density at radius 2 is 1.38 bits per heavy atom. The molecule has 0 heterocycles. The van der Waals surface area contributed by atoms with Crippen molar-refractivity contribution in [3.8, 4) is 0 Å². The van der Waals surface area contributed by atoms with Crippen molar-refractivity contribution in [2.24, 2.45) is 11.8 Å². The second-order valence-electron chi connectivity index (χ2n) is 7.87. The van der Waals surface area contributed by atoms with E-state index in [4.69, 9.17) is 0 Å². The van der Waals surface area contributed by atoms with Crippen molar-refractivity contribution in [2.75, 3.05) is 0 Å². The van der Waals surface area contributed by atoms with Gasteiger partial charge in [0, 0.05) is 0 Å². The Balaban J connectivity index is 1.60. The van der Waals surface area contributed by atoms with Gasteiger partial charge in [-0.1, -0.05) is 0 Å². The van der Waals surface area contributed by atoms with Crippen molar-refractivity contribution in [3.05, 3.63) is 35.1 Å². The molecule has 1 aromatic rings. The van der Waals surface area contributed by atoms with Gasteiger partial charge in [0.1, 0.15) is 0 Å². The number of halogens is 4. The van der Waals surface area contributed by atoms with Crippen LogP contribution in [0.15, 0.2) is 18.2 Å². The van der Waals surface area contributed by atoms with E-state index in [9.17, 15) is 17.6 Å². The molecule has 0 nitrogen and oxygen atoms in total. The zero-order valence-electron chi connectivity index (χ0n) is 14.2. The molecule has 2 saturated carbocycles. The minimum absolute atomic E-state index is 0.220. The van der Waals surface area contributed by atoms with Crippen LogP contribution in [0.3, 0.4) is 0 Å². The summed E-state index contributed by atoms with van der Waals surface area (Å²) in [5, 5.41) is 0. The van der Waals surface area contributed by atoms with Crippen LogP contribution in [-0.4, -0.2) is 0 Å². The van der Waals surface area contributed by atoms with Crippen LogP contribution >= 0.6 is 0 Å². The number of benzene rings is 1. The summed E-state index contributed by atoms with van der Waals surface area (Å²) in [6.07, 6.45) is 5.29. The SMILES string of the molecule is Fc1cc(C2CCC(C3CC[CH]([RaH])CC3)CC2)ccc1C(F)(F)F. The minimum atomic E-state index is -4.61. The van der Waals surface area contributed by atoms with Gasteiger partial charge in [-0.3, -0.25) is 0 Å². The fraction of sp³-hybridized carbons (Fsp3) is 0.684. The zero-order chi connectivity index (χ0) is 17.3. The predicted molar refractivity (Wildman–Crippen MR) is 83.2 cm³/mol. The predicted octanol–water partition coefficient (Wildman–Crippen LogP) is 6.38. The summed E-state index contributed by atoms with van der Waals surface area (Å²) in [6.45, 7) is 0. The molecule has 3 rings (SSSR count). The number of hydrogen-bond donors (Lipinski definition) is 0. The van der Waals surface area contributed by atoms with E-state index in [2.05, 4.69) is 0 Å². The molecule has 0 N–H and O–H groups in total. The first kappa shape index (κ1) is 19.2. The Kier molecular flexibility index (Phi) is 6.37. The summed E-state index contributed by atoms with van der Waals surface area (Å²) in [6, 6.07) is 3.50. The van der Waals surface area contributed by atoms with Gasteiger partial charge in [-0.05, 0) is 0 Å². The maximum absolute atomic E-state index is 13.8. The summed E-state index contributed by atoms with van der Waals surface area (Å²) in [7, 11) is 0. The van der Waals surface area contributed by atoms with Crippen LogP contribution in [0.4, 0.5) is 17.6 Å². The van der Waals surface area contributed by atoms with E-state index in [0.29, 0.717) is 42.8 Å². The van der Waals surface area contributed by atoms with Gasteiger partial charge in [0.05, 0.1) is 0 Å². The van der Waals surface area contributed by atoms with Crippen LogP contribution < -0.4 is 0 Å². The van der Waals surface area contributed by atoms with E-state index in [1.165, 1.54) is 31.7 Å². The van der Waals surface area contributed by atoms with E-state index in [1.54, 1.807) is 0 Å². The molecule has 2 fully saturated rings. The molecule has 24 heavy (non-hydrogen) atoms. The van der Waals surface area contributed by atoms with Gasteiger partial charge < -0.3 is 0 Å². The third-order valence-electron chi connectivity index (χ3n) is 6.27. The first-order valence-corrected chi connectivity index (χ1v) is 14.0.